The fourth-order valence-corrected chi connectivity index (χ4v) is 1.34. The highest BCUT2D eigenvalue weighted by atomic mass is 79.9. The molecule has 1 rings (SSSR count). The molecule has 0 aliphatic carbocycles. The molecule has 5 heteroatoms. The van der Waals surface area contributed by atoms with Gasteiger partial charge in [-0.3, -0.25) is 0 Å². The van der Waals surface area contributed by atoms with Gasteiger partial charge in [0, 0.05) is 5.69 Å². The summed E-state index contributed by atoms with van der Waals surface area (Å²) in [5.41, 5.74) is -0.492. The number of hydrogen-bond donors (Lipinski definition) is 1. The molecule has 0 aliphatic heterocycles. The second kappa shape index (κ2) is 2.55. The van der Waals surface area contributed by atoms with Crippen molar-refractivity contribution < 1.29 is 13.2 Å². The van der Waals surface area contributed by atoms with Gasteiger partial charge < -0.3 is 4.98 Å². The van der Waals surface area contributed by atoms with Crippen LogP contribution < -0.4 is 0 Å². The Morgan fingerprint density at radius 3 is 2.18 bits per heavy atom. The number of alkyl halides is 3. The number of nitrogens with one attached hydrogen (secondary N) is 1. The Kier molecular flexibility index (Phi) is 2.00. The number of rotatable bonds is 0. The van der Waals surface area contributed by atoms with Gasteiger partial charge in [0.2, 0.25) is 0 Å². The molecule has 11 heavy (non-hydrogen) atoms. The minimum absolute atomic E-state index is 0.129. The fraction of sp³-hybridized carbons (Fsp3) is 0.333. The molecule has 0 saturated heterocycles. The first kappa shape index (κ1) is 8.64. The zero-order valence-corrected chi connectivity index (χ0v) is 7.18. The van der Waals surface area contributed by atoms with E-state index in [1.807, 2.05) is 0 Å². The molecule has 1 aromatic heterocycles. The summed E-state index contributed by atoms with van der Waals surface area (Å²) in [6.45, 7) is 1.38. The number of H-pyrrole nitrogens is 1. The van der Waals surface area contributed by atoms with Crippen molar-refractivity contribution in [1.82, 2.24) is 4.98 Å². The maximum Gasteiger partial charge on any atom is 0.418 e. The summed E-state index contributed by atoms with van der Waals surface area (Å²) in [5.74, 6) is 0. The molecule has 0 saturated carbocycles. The van der Waals surface area contributed by atoms with Gasteiger partial charge >= 0.3 is 6.18 Å². The molecule has 62 valence electrons. The number of aromatic nitrogens is 1. The molecule has 1 aromatic rings. The molecule has 0 fully saturated rings. The lowest BCUT2D eigenvalue weighted by atomic mass is 10.2. The molecule has 0 atom stereocenters. The second-order valence-electron chi connectivity index (χ2n) is 2.15. The Labute approximate surface area is 69.7 Å². The van der Waals surface area contributed by atoms with E-state index < -0.39 is 11.7 Å². The van der Waals surface area contributed by atoms with Gasteiger partial charge in [-0.15, -0.1) is 0 Å². The Morgan fingerprint density at radius 2 is 2.00 bits per heavy atom. The van der Waals surface area contributed by atoms with Crippen molar-refractivity contribution >= 4 is 15.9 Å². The average Bonchev–Trinajstić information content (AvgIpc) is 2.08. The summed E-state index contributed by atoms with van der Waals surface area (Å²) in [6, 6.07) is 1.02. The lowest BCUT2D eigenvalue weighted by molar-refractivity contribution is -0.137. The Bertz CT molecular complexity index is 263. The van der Waals surface area contributed by atoms with E-state index in [9.17, 15) is 13.2 Å². The highest BCUT2D eigenvalue weighted by Gasteiger charge is 2.33. The van der Waals surface area contributed by atoms with Crippen molar-refractivity contribution in [3.63, 3.8) is 0 Å². The summed E-state index contributed by atoms with van der Waals surface area (Å²) in [4.78, 5) is 2.51. The quantitative estimate of drug-likeness (QED) is 0.702. The van der Waals surface area contributed by atoms with E-state index in [2.05, 4.69) is 20.9 Å². The molecule has 1 heterocycles. The topological polar surface area (TPSA) is 15.8 Å². The van der Waals surface area contributed by atoms with Gasteiger partial charge in [-0.25, -0.2) is 0 Å². The van der Waals surface area contributed by atoms with E-state index in [4.69, 9.17) is 0 Å². The van der Waals surface area contributed by atoms with Crippen LogP contribution in [0.15, 0.2) is 10.7 Å². The third-order valence-electron chi connectivity index (χ3n) is 1.29. The lowest BCUT2D eigenvalue weighted by Gasteiger charge is -2.03. The SMILES string of the molecule is Cc1[nH]c(Br)cc1C(F)(F)F. The molecule has 0 spiro atoms. The molecule has 0 unspecified atom stereocenters. The molecular formula is C6H5BrF3N. The van der Waals surface area contributed by atoms with Crippen LogP contribution in [0.25, 0.3) is 0 Å². The van der Waals surface area contributed by atoms with E-state index in [-0.39, 0.29) is 5.69 Å². The largest absolute Gasteiger partial charge is 0.418 e. The number of halogens is 4. The lowest BCUT2D eigenvalue weighted by Crippen LogP contribution is -2.04. The highest BCUT2D eigenvalue weighted by molar-refractivity contribution is 9.10. The van der Waals surface area contributed by atoms with Crippen LogP contribution in [-0.4, -0.2) is 4.98 Å². The van der Waals surface area contributed by atoms with E-state index in [0.29, 0.717) is 4.60 Å². The van der Waals surface area contributed by atoms with Crippen LogP contribution in [0.2, 0.25) is 0 Å². The van der Waals surface area contributed by atoms with Gasteiger partial charge in [0.15, 0.2) is 0 Å². The van der Waals surface area contributed by atoms with Crippen molar-refractivity contribution in [3.8, 4) is 0 Å². The summed E-state index contributed by atoms with van der Waals surface area (Å²) in [5, 5.41) is 0. The maximum absolute atomic E-state index is 12.0. The standard InChI is InChI=1S/C6H5BrF3N/c1-3-4(6(8,9)10)2-5(7)11-3/h2,11H,1H3. The van der Waals surface area contributed by atoms with Gasteiger partial charge in [0.25, 0.3) is 0 Å². The van der Waals surface area contributed by atoms with Crippen LogP contribution in [-0.2, 0) is 6.18 Å². The third kappa shape index (κ3) is 1.77. The zero-order valence-electron chi connectivity index (χ0n) is 5.59. The Hall–Kier alpha value is -0.450. The smallest absolute Gasteiger partial charge is 0.353 e. The van der Waals surface area contributed by atoms with Crippen molar-refractivity contribution in [2.24, 2.45) is 0 Å². The van der Waals surface area contributed by atoms with Crippen molar-refractivity contribution in [2.75, 3.05) is 0 Å². The number of hydrogen-bond acceptors (Lipinski definition) is 0. The van der Waals surface area contributed by atoms with Crippen LogP contribution in [0.4, 0.5) is 13.2 Å². The fourth-order valence-electron chi connectivity index (χ4n) is 0.812. The summed E-state index contributed by atoms with van der Waals surface area (Å²) < 4.78 is 36.4. The van der Waals surface area contributed by atoms with Crippen molar-refractivity contribution in [1.29, 1.82) is 0 Å². The minimum Gasteiger partial charge on any atom is -0.353 e. The predicted molar refractivity (Wildman–Crippen MR) is 38.2 cm³/mol. The molecule has 0 aliphatic rings. The summed E-state index contributed by atoms with van der Waals surface area (Å²) in [7, 11) is 0. The minimum atomic E-state index is -4.26. The molecule has 0 aromatic carbocycles. The first-order chi connectivity index (χ1) is 4.91. The van der Waals surface area contributed by atoms with Gasteiger partial charge in [0.05, 0.1) is 10.2 Å². The van der Waals surface area contributed by atoms with Gasteiger partial charge in [0.1, 0.15) is 0 Å². The average molecular weight is 228 g/mol. The monoisotopic (exact) mass is 227 g/mol. The van der Waals surface area contributed by atoms with Gasteiger partial charge in [-0.2, -0.15) is 13.2 Å². The van der Waals surface area contributed by atoms with E-state index in [1.165, 1.54) is 6.92 Å². The normalized spacial score (nSPS) is 12.1. The van der Waals surface area contributed by atoms with Crippen LogP contribution in [0.5, 0.6) is 0 Å². The van der Waals surface area contributed by atoms with Crippen molar-refractivity contribution in [3.05, 3.63) is 21.9 Å². The molecule has 0 radical (unpaired) electrons. The van der Waals surface area contributed by atoms with Gasteiger partial charge in [-0.1, -0.05) is 0 Å². The van der Waals surface area contributed by atoms with Crippen LogP contribution in [0.3, 0.4) is 0 Å². The number of aryl methyl sites for hydroxylation is 1. The molecule has 1 nitrogen and oxygen atoms in total. The molecule has 0 amide bonds. The zero-order chi connectivity index (χ0) is 8.65. The van der Waals surface area contributed by atoms with E-state index in [1.54, 1.807) is 0 Å². The second-order valence-corrected chi connectivity index (χ2v) is 3.01. The Balaban J connectivity index is 3.13. The Morgan fingerprint density at radius 1 is 1.45 bits per heavy atom. The molecule has 0 bridgehead atoms. The predicted octanol–water partition coefficient (Wildman–Crippen LogP) is 3.10. The van der Waals surface area contributed by atoms with Crippen LogP contribution in [0.1, 0.15) is 11.3 Å². The molecule has 1 N–H and O–H groups in total. The van der Waals surface area contributed by atoms with Crippen LogP contribution >= 0.6 is 15.9 Å². The van der Waals surface area contributed by atoms with E-state index >= 15 is 0 Å². The molecular weight excluding hydrogens is 223 g/mol. The van der Waals surface area contributed by atoms with E-state index in [0.717, 1.165) is 6.07 Å². The highest BCUT2D eigenvalue weighted by Crippen LogP contribution is 2.33. The number of aromatic amines is 1. The first-order valence-corrected chi connectivity index (χ1v) is 3.63. The third-order valence-corrected chi connectivity index (χ3v) is 1.71. The summed E-state index contributed by atoms with van der Waals surface area (Å²) in [6.07, 6.45) is -4.26. The summed E-state index contributed by atoms with van der Waals surface area (Å²) >= 11 is 2.92. The maximum atomic E-state index is 12.0. The van der Waals surface area contributed by atoms with Crippen LogP contribution in [0, 0.1) is 6.92 Å². The first-order valence-electron chi connectivity index (χ1n) is 2.83. The van der Waals surface area contributed by atoms with Crippen molar-refractivity contribution in [2.45, 2.75) is 13.1 Å². The van der Waals surface area contributed by atoms with Gasteiger partial charge in [-0.05, 0) is 28.9 Å².